The van der Waals surface area contributed by atoms with Crippen LogP contribution >= 0.6 is 23.2 Å². The minimum atomic E-state index is -0.198. The number of benzene rings is 1. The van der Waals surface area contributed by atoms with E-state index in [1.54, 1.807) is 18.2 Å². The Morgan fingerprint density at radius 2 is 1.80 bits per heavy atom. The molecule has 82 valence electrons. The highest BCUT2D eigenvalue weighted by Crippen LogP contribution is 2.29. The van der Waals surface area contributed by atoms with Crippen LogP contribution in [0.4, 0.5) is 0 Å². The topological polar surface area (TPSA) is 17.1 Å². The first-order chi connectivity index (χ1) is 6.93. The molecular formula is C12H14Cl2O. The largest absolute Gasteiger partial charge is 0.299 e. The smallest absolute Gasteiger partial charge is 0.142 e. The standard InChI is InChI=1S/C12H14Cl2O/c1-7(2)12(15)8(3)10-6-9(13)4-5-11(10)14/h4-8H,1-3H3. The predicted molar refractivity (Wildman–Crippen MR) is 64.7 cm³/mol. The lowest BCUT2D eigenvalue weighted by Crippen LogP contribution is -2.15. The number of rotatable bonds is 3. The summed E-state index contributed by atoms with van der Waals surface area (Å²) in [6, 6.07) is 5.21. The quantitative estimate of drug-likeness (QED) is 0.774. The van der Waals surface area contributed by atoms with Crippen LogP contribution in [0.5, 0.6) is 0 Å². The Bertz CT molecular complexity index is 372. The molecule has 1 rings (SSSR count). The molecule has 0 aliphatic heterocycles. The van der Waals surface area contributed by atoms with Crippen LogP contribution in [0.2, 0.25) is 10.0 Å². The van der Waals surface area contributed by atoms with Crippen LogP contribution in [0.3, 0.4) is 0 Å². The minimum Gasteiger partial charge on any atom is -0.299 e. The van der Waals surface area contributed by atoms with Crippen molar-refractivity contribution in [2.75, 3.05) is 0 Å². The van der Waals surface area contributed by atoms with E-state index in [2.05, 4.69) is 0 Å². The normalized spacial score (nSPS) is 12.9. The number of hydrogen-bond donors (Lipinski definition) is 0. The molecule has 0 N–H and O–H groups in total. The van der Waals surface area contributed by atoms with E-state index in [9.17, 15) is 4.79 Å². The first-order valence-electron chi connectivity index (χ1n) is 4.92. The average molecular weight is 245 g/mol. The van der Waals surface area contributed by atoms with E-state index < -0.39 is 0 Å². The van der Waals surface area contributed by atoms with Crippen molar-refractivity contribution < 1.29 is 4.79 Å². The highest BCUT2D eigenvalue weighted by Gasteiger charge is 2.20. The van der Waals surface area contributed by atoms with Gasteiger partial charge < -0.3 is 0 Å². The van der Waals surface area contributed by atoms with E-state index in [0.717, 1.165) is 5.56 Å². The fourth-order valence-corrected chi connectivity index (χ4v) is 1.96. The van der Waals surface area contributed by atoms with Gasteiger partial charge in [-0.1, -0.05) is 44.0 Å². The molecule has 0 saturated heterocycles. The van der Waals surface area contributed by atoms with Gasteiger partial charge in [-0.05, 0) is 23.8 Å². The van der Waals surface area contributed by atoms with E-state index in [-0.39, 0.29) is 17.6 Å². The summed E-state index contributed by atoms with van der Waals surface area (Å²) in [7, 11) is 0. The van der Waals surface area contributed by atoms with Crippen LogP contribution in [-0.2, 0) is 4.79 Å². The average Bonchev–Trinajstić information content (AvgIpc) is 2.19. The summed E-state index contributed by atoms with van der Waals surface area (Å²) < 4.78 is 0. The SMILES string of the molecule is CC(C)C(=O)C(C)c1cc(Cl)ccc1Cl. The molecule has 0 radical (unpaired) electrons. The van der Waals surface area contributed by atoms with Gasteiger partial charge in [0.05, 0.1) is 0 Å². The fourth-order valence-electron chi connectivity index (χ4n) is 1.50. The Morgan fingerprint density at radius 3 is 2.33 bits per heavy atom. The number of halogens is 2. The second-order valence-corrected chi connectivity index (χ2v) is 4.79. The zero-order valence-electron chi connectivity index (χ0n) is 9.05. The van der Waals surface area contributed by atoms with Crippen molar-refractivity contribution in [1.29, 1.82) is 0 Å². The van der Waals surface area contributed by atoms with Crippen molar-refractivity contribution in [3.05, 3.63) is 33.8 Å². The van der Waals surface area contributed by atoms with Crippen molar-refractivity contribution in [1.82, 2.24) is 0 Å². The molecule has 1 unspecified atom stereocenters. The van der Waals surface area contributed by atoms with Crippen LogP contribution < -0.4 is 0 Å². The maximum absolute atomic E-state index is 11.8. The number of carbonyl (C=O) groups is 1. The molecule has 1 nitrogen and oxygen atoms in total. The molecule has 0 fully saturated rings. The van der Waals surface area contributed by atoms with Gasteiger partial charge in [-0.2, -0.15) is 0 Å². The summed E-state index contributed by atoms with van der Waals surface area (Å²) in [6.45, 7) is 5.63. The third-order valence-corrected chi connectivity index (χ3v) is 3.00. The Balaban J connectivity index is 3.05. The highest BCUT2D eigenvalue weighted by atomic mass is 35.5. The molecule has 3 heteroatoms. The molecule has 1 atom stereocenters. The molecule has 0 spiro atoms. The van der Waals surface area contributed by atoms with Gasteiger partial charge in [-0.15, -0.1) is 0 Å². The molecule has 0 aliphatic carbocycles. The van der Waals surface area contributed by atoms with Gasteiger partial charge in [-0.25, -0.2) is 0 Å². The summed E-state index contributed by atoms with van der Waals surface area (Å²) >= 11 is 11.9. The van der Waals surface area contributed by atoms with E-state index in [0.29, 0.717) is 10.0 Å². The number of Topliss-reactive ketones (excluding diaryl/α,β-unsaturated/α-hetero) is 1. The molecule has 0 aromatic heterocycles. The predicted octanol–water partition coefficient (Wildman–Crippen LogP) is 4.32. The molecule has 1 aromatic carbocycles. The Hall–Kier alpha value is -0.530. The number of carbonyl (C=O) groups excluding carboxylic acids is 1. The lowest BCUT2D eigenvalue weighted by Gasteiger charge is -2.15. The van der Waals surface area contributed by atoms with Crippen LogP contribution in [0.1, 0.15) is 32.3 Å². The first-order valence-corrected chi connectivity index (χ1v) is 5.67. The van der Waals surface area contributed by atoms with Crippen molar-refractivity contribution in [3.8, 4) is 0 Å². The fraction of sp³-hybridized carbons (Fsp3) is 0.417. The van der Waals surface area contributed by atoms with Gasteiger partial charge in [0.2, 0.25) is 0 Å². The number of hydrogen-bond acceptors (Lipinski definition) is 1. The van der Waals surface area contributed by atoms with Crippen molar-refractivity contribution >= 4 is 29.0 Å². The van der Waals surface area contributed by atoms with Crippen LogP contribution in [0.15, 0.2) is 18.2 Å². The monoisotopic (exact) mass is 244 g/mol. The van der Waals surface area contributed by atoms with E-state index in [1.165, 1.54) is 0 Å². The van der Waals surface area contributed by atoms with Crippen molar-refractivity contribution in [2.24, 2.45) is 5.92 Å². The van der Waals surface area contributed by atoms with Gasteiger partial charge in [-0.3, -0.25) is 4.79 Å². The summed E-state index contributed by atoms with van der Waals surface area (Å²) in [5.41, 5.74) is 0.808. The van der Waals surface area contributed by atoms with E-state index >= 15 is 0 Å². The highest BCUT2D eigenvalue weighted by molar-refractivity contribution is 6.33. The third-order valence-electron chi connectivity index (χ3n) is 2.42. The molecule has 0 heterocycles. The molecule has 0 aliphatic rings. The van der Waals surface area contributed by atoms with Gasteiger partial charge in [0.25, 0.3) is 0 Å². The van der Waals surface area contributed by atoms with Gasteiger partial charge in [0.15, 0.2) is 0 Å². The van der Waals surface area contributed by atoms with Crippen molar-refractivity contribution in [3.63, 3.8) is 0 Å². The lowest BCUT2D eigenvalue weighted by atomic mass is 9.90. The zero-order valence-corrected chi connectivity index (χ0v) is 10.6. The maximum atomic E-state index is 11.8. The van der Waals surface area contributed by atoms with E-state index in [1.807, 2.05) is 20.8 Å². The molecular weight excluding hydrogens is 231 g/mol. The van der Waals surface area contributed by atoms with Gasteiger partial charge in [0.1, 0.15) is 5.78 Å². The molecule has 0 saturated carbocycles. The second-order valence-electron chi connectivity index (χ2n) is 3.94. The molecule has 0 amide bonds. The minimum absolute atomic E-state index is 0.00930. The van der Waals surface area contributed by atoms with Crippen LogP contribution in [0.25, 0.3) is 0 Å². The summed E-state index contributed by atoms with van der Waals surface area (Å²) in [4.78, 5) is 11.8. The number of ketones is 1. The molecule has 0 bridgehead atoms. The second kappa shape index (κ2) is 5.00. The zero-order chi connectivity index (χ0) is 11.6. The van der Waals surface area contributed by atoms with E-state index in [4.69, 9.17) is 23.2 Å². The Labute approximate surface area is 100 Å². The summed E-state index contributed by atoms with van der Waals surface area (Å²) in [6.07, 6.45) is 0. The van der Waals surface area contributed by atoms with Crippen LogP contribution in [0, 0.1) is 5.92 Å². The van der Waals surface area contributed by atoms with Crippen LogP contribution in [-0.4, -0.2) is 5.78 Å². The summed E-state index contributed by atoms with van der Waals surface area (Å²) in [5, 5.41) is 1.21. The Morgan fingerprint density at radius 1 is 1.20 bits per heavy atom. The Kier molecular flexibility index (Phi) is 4.18. The molecule has 15 heavy (non-hydrogen) atoms. The lowest BCUT2D eigenvalue weighted by molar-refractivity contribution is -0.123. The van der Waals surface area contributed by atoms with Gasteiger partial charge in [0, 0.05) is 21.9 Å². The maximum Gasteiger partial charge on any atom is 0.142 e. The first kappa shape index (κ1) is 12.5. The summed E-state index contributed by atoms with van der Waals surface area (Å²) in [5.74, 6) is -0.00888. The van der Waals surface area contributed by atoms with Crippen molar-refractivity contribution in [2.45, 2.75) is 26.7 Å². The molecule has 1 aromatic rings. The third kappa shape index (κ3) is 2.96. The van der Waals surface area contributed by atoms with Gasteiger partial charge >= 0.3 is 0 Å².